The number of benzene rings is 1. The van der Waals surface area contributed by atoms with Crippen molar-refractivity contribution in [2.75, 3.05) is 7.05 Å². The van der Waals surface area contributed by atoms with Gasteiger partial charge in [-0.25, -0.2) is 13.4 Å². The lowest BCUT2D eigenvalue weighted by atomic mass is 10.0. The molecular weight excluding hydrogens is 464 g/mol. The standard InChI is InChI=1S/C25H32N6O3S/c1-6-7-24-28-29-25(34-24)23(14-17(2)3)30(5)35(32,33)20-10-8-19(9-11-20)16-31-18(4)27-21-15-26-13-12-22(21)31/h8-13,15,17,23H,6-7,14,16H2,1-5H3. The summed E-state index contributed by atoms with van der Waals surface area (Å²) in [6.07, 6.45) is 5.60. The maximum atomic E-state index is 13.5. The average Bonchev–Trinajstić information content (AvgIpc) is 3.42. The third-order valence-electron chi connectivity index (χ3n) is 6.05. The van der Waals surface area contributed by atoms with E-state index in [0.29, 0.717) is 31.2 Å². The molecule has 1 aromatic carbocycles. The molecule has 35 heavy (non-hydrogen) atoms. The first-order chi connectivity index (χ1) is 16.7. The summed E-state index contributed by atoms with van der Waals surface area (Å²) in [6, 6.07) is 8.39. The zero-order chi connectivity index (χ0) is 25.2. The van der Waals surface area contributed by atoms with Crippen LogP contribution in [0, 0.1) is 12.8 Å². The van der Waals surface area contributed by atoms with E-state index in [9.17, 15) is 8.42 Å². The summed E-state index contributed by atoms with van der Waals surface area (Å²) in [5, 5.41) is 8.27. The fourth-order valence-electron chi connectivity index (χ4n) is 4.15. The van der Waals surface area contributed by atoms with Crippen LogP contribution < -0.4 is 0 Å². The van der Waals surface area contributed by atoms with Gasteiger partial charge in [-0.05, 0) is 49.4 Å². The minimum atomic E-state index is -3.78. The molecule has 1 unspecified atom stereocenters. The first-order valence-electron chi connectivity index (χ1n) is 11.9. The molecule has 186 valence electrons. The lowest BCUT2D eigenvalue weighted by molar-refractivity contribution is 0.266. The second-order valence-corrected chi connectivity index (χ2v) is 11.2. The number of sulfonamides is 1. The van der Waals surface area contributed by atoms with Gasteiger partial charge in [0.2, 0.25) is 21.8 Å². The van der Waals surface area contributed by atoms with Crippen LogP contribution in [0.1, 0.15) is 62.8 Å². The van der Waals surface area contributed by atoms with Crippen LogP contribution in [0.5, 0.6) is 0 Å². The van der Waals surface area contributed by atoms with Gasteiger partial charge in [-0.3, -0.25) is 4.98 Å². The second kappa shape index (κ2) is 10.2. The minimum Gasteiger partial charge on any atom is -0.424 e. The van der Waals surface area contributed by atoms with Gasteiger partial charge in [-0.15, -0.1) is 10.2 Å². The number of aryl methyl sites for hydroxylation is 2. The highest BCUT2D eigenvalue weighted by Gasteiger charge is 2.33. The molecule has 0 aliphatic carbocycles. The Labute approximate surface area is 206 Å². The van der Waals surface area contributed by atoms with E-state index in [1.54, 1.807) is 31.6 Å². The van der Waals surface area contributed by atoms with E-state index in [2.05, 4.69) is 24.7 Å². The SMILES string of the molecule is CCCc1nnc(C(CC(C)C)N(C)S(=O)(=O)c2ccc(Cn3c(C)nc4cnccc43)cc2)o1. The Hall–Kier alpha value is -3.11. The molecule has 0 N–H and O–H groups in total. The molecule has 9 nitrogen and oxygen atoms in total. The highest BCUT2D eigenvalue weighted by molar-refractivity contribution is 7.89. The molecule has 3 heterocycles. The van der Waals surface area contributed by atoms with Gasteiger partial charge in [0.1, 0.15) is 17.4 Å². The molecule has 4 aromatic rings. The summed E-state index contributed by atoms with van der Waals surface area (Å²) < 4.78 is 36.3. The second-order valence-electron chi connectivity index (χ2n) is 9.20. The Morgan fingerprint density at radius 1 is 1.11 bits per heavy atom. The van der Waals surface area contributed by atoms with Crippen molar-refractivity contribution < 1.29 is 12.8 Å². The van der Waals surface area contributed by atoms with Crippen LogP contribution >= 0.6 is 0 Å². The van der Waals surface area contributed by atoms with Crippen molar-refractivity contribution in [2.24, 2.45) is 5.92 Å². The summed E-state index contributed by atoms with van der Waals surface area (Å²) in [4.78, 5) is 8.91. The van der Waals surface area contributed by atoms with E-state index < -0.39 is 16.1 Å². The molecule has 4 rings (SSSR count). The number of hydrogen-bond donors (Lipinski definition) is 0. The Morgan fingerprint density at radius 2 is 1.86 bits per heavy atom. The molecule has 0 aliphatic heterocycles. The van der Waals surface area contributed by atoms with E-state index in [1.807, 2.05) is 45.9 Å². The predicted molar refractivity (Wildman–Crippen MR) is 133 cm³/mol. The van der Waals surface area contributed by atoms with E-state index in [0.717, 1.165) is 28.8 Å². The maximum Gasteiger partial charge on any atom is 0.243 e. The van der Waals surface area contributed by atoms with Crippen LogP contribution in [0.15, 0.2) is 52.0 Å². The van der Waals surface area contributed by atoms with Gasteiger partial charge in [-0.2, -0.15) is 4.31 Å². The number of nitrogens with zero attached hydrogens (tertiary/aromatic N) is 6. The molecule has 0 radical (unpaired) electrons. The zero-order valence-electron chi connectivity index (χ0n) is 20.8. The van der Waals surface area contributed by atoms with E-state index in [-0.39, 0.29) is 10.8 Å². The Kier molecular flexibility index (Phi) is 7.32. The van der Waals surface area contributed by atoms with Gasteiger partial charge >= 0.3 is 0 Å². The quantitative estimate of drug-likeness (QED) is 0.317. The van der Waals surface area contributed by atoms with Crippen LogP contribution in [0.3, 0.4) is 0 Å². The van der Waals surface area contributed by atoms with Crippen molar-refractivity contribution in [2.45, 2.75) is 64.4 Å². The van der Waals surface area contributed by atoms with Crippen LogP contribution in [0.2, 0.25) is 0 Å². The average molecular weight is 497 g/mol. The number of hydrogen-bond acceptors (Lipinski definition) is 7. The number of imidazole rings is 1. The smallest absolute Gasteiger partial charge is 0.243 e. The molecule has 10 heteroatoms. The van der Waals surface area contributed by atoms with Crippen LogP contribution in [0.4, 0.5) is 0 Å². The van der Waals surface area contributed by atoms with Gasteiger partial charge in [-0.1, -0.05) is 32.9 Å². The summed E-state index contributed by atoms with van der Waals surface area (Å²) in [5.41, 5.74) is 2.81. The Balaban J connectivity index is 1.58. The monoisotopic (exact) mass is 496 g/mol. The van der Waals surface area contributed by atoms with Crippen molar-refractivity contribution in [1.82, 2.24) is 29.0 Å². The third-order valence-corrected chi connectivity index (χ3v) is 7.93. The fraction of sp³-hybridized carbons (Fsp3) is 0.440. The maximum absolute atomic E-state index is 13.5. The normalized spacial score (nSPS) is 13.2. The summed E-state index contributed by atoms with van der Waals surface area (Å²) >= 11 is 0. The van der Waals surface area contributed by atoms with Gasteiger partial charge in [0.15, 0.2) is 0 Å². The first-order valence-corrected chi connectivity index (χ1v) is 13.3. The molecule has 0 aliphatic rings. The van der Waals surface area contributed by atoms with E-state index in [1.165, 1.54) is 4.31 Å². The number of aromatic nitrogens is 5. The van der Waals surface area contributed by atoms with Gasteiger partial charge < -0.3 is 8.98 Å². The zero-order valence-corrected chi connectivity index (χ0v) is 21.7. The predicted octanol–water partition coefficient (Wildman–Crippen LogP) is 4.53. The molecule has 0 bridgehead atoms. The Bertz CT molecular complexity index is 1390. The van der Waals surface area contributed by atoms with Crippen molar-refractivity contribution >= 4 is 21.1 Å². The van der Waals surface area contributed by atoms with Gasteiger partial charge in [0, 0.05) is 26.2 Å². The lowest BCUT2D eigenvalue weighted by Crippen LogP contribution is -2.32. The van der Waals surface area contributed by atoms with Crippen LogP contribution in [-0.4, -0.2) is 44.5 Å². The first kappa shape index (κ1) is 25.0. The van der Waals surface area contributed by atoms with Crippen molar-refractivity contribution in [3.63, 3.8) is 0 Å². The molecule has 0 amide bonds. The Morgan fingerprint density at radius 3 is 2.54 bits per heavy atom. The number of fused-ring (bicyclic) bond motifs is 1. The lowest BCUT2D eigenvalue weighted by Gasteiger charge is -2.26. The molecule has 0 saturated carbocycles. The van der Waals surface area contributed by atoms with Crippen LogP contribution in [-0.2, 0) is 23.0 Å². The minimum absolute atomic E-state index is 0.224. The highest BCUT2D eigenvalue weighted by atomic mass is 32.2. The van der Waals surface area contributed by atoms with E-state index >= 15 is 0 Å². The van der Waals surface area contributed by atoms with Gasteiger partial charge in [0.05, 0.1) is 16.6 Å². The number of rotatable bonds is 10. The molecule has 3 aromatic heterocycles. The third kappa shape index (κ3) is 5.28. The summed E-state index contributed by atoms with van der Waals surface area (Å²) in [5.74, 6) is 1.99. The highest BCUT2D eigenvalue weighted by Crippen LogP contribution is 2.31. The summed E-state index contributed by atoms with van der Waals surface area (Å²) in [7, 11) is -2.20. The number of pyridine rings is 1. The van der Waals surface area contributed by atoms with Crippen molar-refractivity contribution in [3.05, 3.63) is 65.9 Å². The van der Waals surface area contributed by atoms with Gasteiger partial charge in [0.25, 0.3) is 0 Å². The van der Waals surface area contributed by atoms with Crippen molar-refractivity contribution in [3.8, 4) is 0 Å². The van der Waals surface area contributed by atoms with Crippen molar-refractivity contribution in [1.29, 1.82) is 0 Å². The molecule has 0 fully saturated rings. The molecule has 0 spiro atoms. The molecule has 1 atom stereocenters. The summed E-state index contributed by atoms with van der Waals surface area (Å²) in [6.45, 7) is 8.66. The van der Waals surface area contributed by atoms with E-state index in [4.69, 9.17) is 4.42 Å². The van der Waals surface area contributed by atoms with Crippen LogP contribution in [0.25, 0.3) is 11.0 Å². The molecular formula is C25H32N6O3S. The molecule has 0 saturated heterocycles. The topological polar surface area (TPSA) is 107 Å². The fourth-order valence-corrected chi connectivity index (χ4v) is 5.48. The largest absolute Gasteiger partial charge is 0.424 e.